The van der Waals surface area contributed by atoms with Crippen LogP contribution >= 0.6 is 0 Å². The normalized spacial score (nSPS) is 56.9. The fourth-order valence-electron chi connectivity index (χ4n) is 15.6. The number of aliphatic hydroxyl groups excluding tert-OH is 14. The van der Waals surface area contributed by atoms with Crippen LogP contribution < -0.4 is 0 Å². The summed E-state index contributed by atoms with van der Waals surface area (Å²) in [6.45, 7) is 6.48. The molecule has 0 radical (unpaired) electrons. The molecule has 6 aliphatic heterocycles. The van der Waals surface area contributed by atoms with Crippen molar-refractivity contribution >= 4 is 0 Å². The molecule has 4 aliphatic carbocycles. The molecule has 32 atom stereocenters. The number of fused-ring (bicyclic) bond motifs is 7. The van der Waals surface area contributed by atoms with Crippen molar-refractivity contribution in [2.45, 2.75) is 226 Å². The van der Waals surface area contributed by atoms with E-state index in [0.717, 1.165) is 50.7 Å². The molecule has 24 heteroatoms. The number of hydrogen-bond donors (Lipinski definition) is 14. The van der Waals surface area contributed by atoms with Gasteiger partial charge in [0.1, 0.15) is 97.7 Å². The molecule has 0 bridgehead atoms. The molecule has 0 unspecified atom stereocenters. The van der Waals surface area contributed by atoms with Crippen LogP contribution in [-0.4, -0.2) is 251 Å². The van der Waals surface area contributed by atoms with Crippen molar-refractivity contribution in [2.75, 3.05) is 33.0 Å². The van der Waals surface area contributed by atoms with Gasteiger partial charge in [0.2, 0.25) is 0 Å². The Hall–Kier alpha value is -1.22. The van der Waals surface area contributed by atoms with Crippen LogP contribution in [-0.2, 0) is 47.4 Å². The molecule has 3 saturated carbocycles. The van der Waals surface area contributed by atoms with Crippen molar-refractivity contribution in [1.29, 1.82) is 0 Å². The molecular formula is C51H82O24. The van der Waals surface area contributed by atoms with E-state index in [1.807, 2.05) is 0 Å². The van der Waals surface area contributed by atoms with Crippen LogP contribution in [0.1, 0.15) is 79.1 Å². The SMILES string of the molecule is C[C@@H]1CC[C@@]2(OC1)O[C@H]1C[C@H]3[C@@H]4CC=C5C[C@@H](O[C@@H]6O[C@H](CO)[C@@H](O[C@@H]7O[C@H](CO)[C@@H](O[C@@H]8O[C@H](CO)[C@@H](O)[C@H](O)[C@H]8O)[C@H](O)[C@H]7O[C@@H]7O[C@H](CO)[C@@H](O)[C@H](O)[C@H]7O)[C@H](O)[C@H]6O)[C@H](O)C[C@]5(C)[C@H]4CC[C@]3(C)[C@H]1[C@@H]2C. The Balaban J connectivity index is 0.829. The van der Waals surface area contributed by atoms with Crippen molar-refractivity contribution in [2.24, 2.45) is 46.3 Å². The topological polar surface area (TPSA) is 376 Å². The highest BCUT2D eigenvalue weighted by Crippen LogP contribution is 2.71. The van der Waals surface area contributed by atoms with Crippen LogP contribution in [0.2, 0.25) is 0 Å². The molecule has 0 aromatic rings. The first-order chi connectivity index (χ1) is 35.6. The number of allylic oxidation sites excluding steroid dienone is 1. The Bertz CT molecular complexity index is 1970. The smallest absolute Gasteiger partial charge is 0.187 e. The number of aliphatic hydroxyl groups is 14. The van der Waals surface area contributed by atoms with Gasteiger partial charge >= 0.3 is 0 Å². The van der Waals surface area contributed by atoms with Crippen LogP contribution in [0.3, 0.4) is 0 Å². The van der Waals surface area contributed by atoms with Gasteiger partial charge in [-0.1, -0.05) is 39.3 Å². The van der Waals surface area contributed by atoms with E-state index in [4.69, 9.17) is 47.4 Å². The van der Waals surface area contributed by atoms with Crippen LogP contribution in [0.4, 0.5) is 0 Å². The Morgan fingerprint density at radius 1 is 0.573 bits per heavy atom. The molecule has 10 rings (SSSR count). The molecule has 0 aromatic heterocycles. The first kappa shape index (κ1) is 57.0. The van der Waals surface area contributed by atoms with Gasteiger partial charge in [0.15, 0.2) is 30.9 Å². The standard InChI is InChI=1S/C51H82O24/c1-19-7-10-51(66-18-19)20(2)32-27(75-51)12-24-22-6-5-21-11-26(25(56)13-50(21,4)23(22)8-9-49(24,32)3)67-45-40(64)37(61)42(30(16-54)70-45)73-48-44(74-47-39(63)36(60)34(58)29(15-53)69-47)41(65)43(31(17-55)71-48)72-46-38(62)35(59)33(57)28(14-52)68-46/h5,19-20,22-48,52-65H,6-18H2,1-4H3/t19-,20+,22-,23+,24+,25-,26-,27+,28-,29-,30-,31-,32+,33-,34-,35+,36+,37-,38-,39-,40-,41+,42-,43-,44-,45-,46+,47+,48+,49+,50+,51-/m1/s1. The summed E-state index contributed by atoms with van der Waals surface area (Å²) in [5, 5.41) is 152. The van der Waals surface area contributed by atoms with Crippen molar-refractivity contribution in [3.8, 4) is 0 Å². The van der Waals surface area contributed by atoms with Gasteiger partial charge in [0, 0.05) is 12.3 Å². The summed E-state index contributed by atoms with van der Waals surface area (Å²) >= 11 is 0. The molecule has 10 aliphatic rings. The lowest BCUT2D eigenvalue weighted by Gasteiger charge is -2.59. The Morgan fingerprint density at radius 2 is 1.11 bits per heavy atom. The average molecular weight is 1080 g/mol. The van der Waals surface area contributed by atoms with Crippen molar-refractivity contribution < 1.29 is 119 Å². The lowest BCUT2D eigenvalue weighted by Crippen LogP contribution is -2.68. The quantitative estimate of drug-likeness (QED) is 0.0828. The summed E-state index contributed by atoms with van der Waals surface area (Å²) in [4.78, 5) is 0. The minimum atomic E-state index is -2.08. The summed E-state index contributed by atoms with van der Waals surface area (Å²) in [5.74, 6) is 1.87. The Kier molecular flexibility index (Phi) is 16.7. The molecule has 430 valence electrons. The van der Waals surface area contributed by atoms with Gasteiger partial charge in [-0.15, -0.1) is 0 Å². The van der Waals surface area contributed by atoms with E-state index in [-0.39, 0.29) is 22.9 Å². The zero-order chi connectivity index (χ0) is 53.8. The predicted octanol–water partition coefficient (Wildman–Crippen LogP) is -4.02. The summed E-state index contributed by atoms with van der Waals surface area (Å²) in [6.07, 6.45) is -29.2. The van der Waals surface area contributed by atoms with Gasteiger partial charge < -0.3 is 119 Å². The number of rotatable bonds is 12. The molecule has 24 nitrogen and oxygen atoms in total. The molecule has 1 spiro atoms. The highest BCUT2D eigenvalue weighted by atomic mass is 16.8. The molecular weight excluding hydrogens is 997 g/mol. The molecule has 6 saturated heterocycles. The van der Waals surface area contributed by atoms with Crippen LogP contribution in [0, 0.1) is 46.3 Å². The van der Waals surface area contributed by atoms with E-state index in [9.17, 15) is 71.5 Å². The van der Waals surface area contributed by atoms with Gasteiger partial charge in [-0.25, -0.2) is 0 Å². The average Bonchev–Trinajstić information content (AvgIpc) is 3.91. The monoisotopic (exact) mass is 1080 g/mol. The van der Waals surface area contributed by atoms with Crippen LogP contribution in [0.5, 0.6) is 0 Å². The second-order valence-electron chi connectivity index (χ2n) is 24.0. The summed E-state index contributed by atoms with van der Waals surface area (Å²) in [5.41, 5.74) is 0.906. The highest BCUT2D eigenvalue weighted by Gasteiger charge is 2.69. The maximum atomic E-state index is 12.0. The summed E-state index contributed by atoms with van der Waals surface area (Å²) in [6, 6.07) is 0. The maximum Gasteiger partial charge on any atom is 0.187 e. The predicted molar refractivity (Wildman–Crippen MR) is 250 cm³/mol. The molecule has 6 heterocycles. The molecule has 75 heavy (non-hydrogen) atoms. The molecule has 14 N–H and O–H groups in total. The lowest BCUT2D eigenvalue weighted by atomic mass is 9.46. The first-order valence-electron chi connectivity index (χ1n) is 27.1. The molecule has 0 amide bonds. The molecule has 0 aromatic carbocycles. The summed E-state index contributed by atoms with van der Waals surface area (Å²) < 4.78 is 60.8. The second kappa shape index (κ2) is 21.9. The third-order valence-corrected chi connectivity index (χ3v) is 19.9. The second-order valence-corrected chi connectivity index (χ2v) is 24.0. The maximum absolute atomic E-state index is 12.0. The van der Waals surface area contributed by atoms with Gasteiger partial charge in [0.05, 0.1) is 51.3 Å². The fraction of sp³-hybridized carbons (Fsp3) is 0.961. The van der Waals surface area contributed by atoms with E-state index in [1.165, 1.54) is 0 Å². The zero-order valence-corrected chi connectivity index (χ0v) is 42.9. The number of hydrogen-bond acceptors (Lipinski definition) is 24. The van der Waals surface area contributed by atoms with E-state index in [2.05, 4.69) is 33.8 Å². The molecule has 9 fully saturated rings. The lowest BCUT2D eigenvalue weighted by molar-refractivity contribution is -0.403. The van der Waals surface area contributed by atoms with Crippen molar-refractivity contribution in [3.63, 3.8) is 0 Å². The van der Waals surface area contributed by atoms with E-state index in [1.54, 1.807) is 0 Å². The van der Waals surface area contributed by atoms with Crippen LogP contribution in [0.15, 0.2) is 11.6 Å². The van der Waals surface area contributed by atoms with Gasteiger partial charge in [0.25, 0.3) is 0 Å². The minimum Gasteiger partial charge on any atom is -0.394 e. The van der Waals surface area contributed by atoms with Gasteiger partial charge in [-0.3, -0.25) is 0 Å². The highest BCUT2D eigenvalue weighted by molar-refractivity contribution is 5.27. The van der Waals surface area contributed by atoms with E-state index >= 15 is 0 Å². The summed E-state index contributed by atoms with van der Waals surface area (Å²) in [7, 11) is 0. The van der Waals surface area contributed by atoms with Crippen molar-refractivity contribution in [1.82, 2.24) is 0 Å². The van der Waals surface area contributed by atoms with Crippen LogP contribution in [0.25, 0.3) is 0 Å². The van der Waals surface area contributed by atoms with E-state index < -0.39 is 167 Å². The van der Waals surface area contributed by atoms with Gasteiger partial charge in [-0.05, 0) is 85.4 Å². The minimum absolute atomic E-state index is 0.0950. The number of ether oxygens (including phenoxy) is 10. The fourth-order valence-corrected chi connectivity index (χ4v) is 15.6. The Morgan fingerprint density at radius 3 is 1.69 bits per heavy atom. The third-order valence-electron chi connectivity index (χ3n) is 19.9. The largest absolute Gasteiger partial charge is 0.394 e. The van der Waals surface area contributed by atoms with Crippen molar-refractivity contribution in [3.05, 3.63) is 11.6 Å². The van der Waals surface area contributed by atoms with Gasteiger partial charge in [-0.2, -0.15) is 0 Å². The Labute approximate surface area is 434 Å². The zero-order valence-electron chi connectivity index (χ0n) is 42.9. The first-order valence-corrected chi connectivity index (χ1v) is 27.1. The van der Waals surface area contributed by atoms with E-state index in [0.29, 0.717) is 42.4 Å². The third kappa shape index (κ3) is 9.71.